The average molecular weight is 465 g/mol. The Hall–Kier alpha value is -1.83. The zero-order valence-electron chi connectivity index (χ0n) is 14.9. The minimum absolute atomic E-state index is 0.231. The maximum atomic E-state index is 14.8. The highest BCUT2D eigenvalue weighted by Crippen LogP contribution is 2.45. The smallest absolute Gasteiger partial charge is 0.215 e. The Bertz CT molecular complexity index is 1080. The first kappa shape index (κ1) is 17.6. The number of benzene rings is 1. The van der Waals surface area contributed by atoms with Crippen LogP contribution in [0, 0.1) is 15.3 Å². The van der Waals surface area contributed by atoms with Crippen molar-refractivity contribution in [2.45, 2.75) is 38.6 Å². The molecule has 0 saturated heterocycles. The highest BCUT2D eigenvalue weighted by molar-refractivity contribution is 14.1. The molecule has 4 rings (SSSR count). The highest BCUT2D eigenvalue weighted by atomic mass is 127. The zero-order valence-corrected chi connectivity index (χ0v) is 17.1. The Morgan fingerprint density at radius 3 is 2.54 bits per heavy atom. The van der Waals surface area contributed by atoms with Gasteiger partial charge in [0.15, 0.2) is 0 Å². The molecule has 0 amide bonds. The Kier molecular flexibility index (Phi) is 3.77. The molecule has 0 unspecified atom stereocenters. The molecular formula is C20H18F2IN3. The molecule has 3 heterocycles. The molecule has 0 aliphatic carbocycles. The van der Waals surface area contributed by atoms with Crippen molar-refractivity contribution >= 4 is 33.8 Å². The fraction of sp³-hybridized carbons (Fsp3) is 0.300. The minimum atomic E-state index is -0.510. The van der Waals surface area contributed by atoms with E-state index in [-0.39, 0.29) is 5.82 Å². The largest absolute Gasteiger partial charge is 0.277 e. The summed E-state index contributed by atoms with van der Waals surface area (Å²) in [4.78, 5) is 4.97. The van der Waals surface area contributed by atoms with Crippen LogP contribution < -0.4 is 0 Å². The van der Waals surface area contributed by atoms with Crippen LogP contribution in [-0.2, 0) is 5.41 Å². The van der Waals surface area contributed by atoms with Crippen molar-refractivity contribution in [3.05, 3.63) is 68.6 Å². The summed E-state index contributed by atoms with van der Waals surface area (Å²) >= 11 is 2.08. The molecule has 3 aromatic rings. The van der Waals surface area contributed by atoms with E-state index in [1.165, 1.54) is 16.6 Å². The van der Waals surface area contributed by atoms with Crippen LogP contribution in [0.15, 0.2) is 41.5 Å². The number of hydrogen-bond acceptors (Lipinski definition) is 2. The van der Waals surface area contributed by atoms with Crippen molar-refractivity contribution in [3.8, 4) is 0 Å². The SMILES string of the molecule is CC1(C)N=C(c2cnn3c(F)cc(I)c3c2)c2cccc(F)c2C1(C)C. The molecule has 1 aliphatic heterocycles. The lowest BCUT2D eigenvalue weighted by Crippen LogP contribution is -2.46. The highest BCUT2D eigenvalue weighted by Gasteiger charge is 2.45. The van der Waals surface area contributed by atoms with Crippen molar-refractivity contribution in [2.24, 2.45) is 4.99 Å². The Balaban J connectivity index is 2.02. The standard InChI is InChI=1S/C20H18F2IN3/c1-19(2)17-12(6-5-7-13(17)21)18(25-20(19,3)4)11-8-15-14(23)9-16(22)26(15)24-10-11/h5-10H,1-4H3. The number of rotatable bonds is 1. The summed E-state index contributed by atoms with van der Waals surface area (Å²) in [5.41, 5.74) is 2.56. The topological polar surface area (TPSA) is 29.7 Å². The van der Waals surface area contributed by atoms with Crippen LogP contribution in [0.3, 0.4) is 0 Å². The number of fused-ring (bicyclic) bond motifs is 2. The van der Waals surface area contributed by atoms with Gasteiger partial charge in [-0.3, -0.25) is 4.99 Å². The van der Waals surface area contributed by atoms with Gasteiger partial charge in [-0.15, -0.1) is 0 Å². The first-order chi connectivity index (χ1) is 12.1. The van der Waals surface area contributed by atoms with Gasteiger partial charge in [-0.05, 0) is 48.6 Å². The lowest BCUT2D eigenvalue weighted by Gasteiger charge is -2.44. The number of aromatic nitrogens is 2. The molecule has 0 bridgehead atoms. The van der Waals surface area contributed by atoms with E-state index in [9.17, 15) is 8.78 Å². The van der Waals surface area contributed by atoms with Crippen molar-refractivity contribution in [2.75, 3.05) is 0 Å². The van der Waals surface area contributed by atoms with Gasteiger partial charge in [0.05, 0.1) is 23.0 Å². The van der Waals surface area contributed by atoms with Gasteiger partial charge in [-0.2, -0.15) is 9.49 Å². The monoisotopic (exact) mass is 465 g/mol. The lowest BCUT2D eigenvalue weighted by molar-refractivity contribution is 0.293. The quantitative estimate of drug-likeness (QED) is 0.459. The Labute approximate surface area is 164 Å². The van der Waals surface area contributed by atoms with E-state index in [0.717, 1.165) is 14.7 Å². The summed E-state index contributed by atoms with van der Waals surface area (Å²) in [5.74, 6) is -0.639. The summed E-state index contributed by atoms with van der Waals surface area (Å²) in [5, 5.41) is 4.22. The molecule has 1 aliphatic rings. The summed E-state index contributed by atoms with van der Waals surface area (Å²) in [6.07, 6.45) is 1.59. The molecule has 134 valence electrons. The summed E-state index contributed by atoms with van der Waals surface area (Å²) < 4.78 is 30.7. The number of aliphatic imine (C=N–C) groups is 1. The van der Waals surface area contributed by atoms with Gasteiger partial charge in [0.2, 0.25) is 5.95 Å². The molecule has 2 aromatic heterocycles. The first-order valence-electron chi connectivity index (χ1n) is 8.36. The predicted octanol–water partition coefficient (Wildman–Crippen LogP) is 5.12. The molecule has 0 radical (unpaired) electrons. The number of halogens is 3. The normalized spacial score (nSPS) is 17.9. The first-order valence-corrected chi connectivity index (χ1v) is 9.44. The maximum Gasteiger partial charge on any atom is 0.215 e. The predicted molar refractivity (Wildman–Crippen MR) is 107 cm³/mol. The van der Waals surface area contributed by atoms with Crippen LogP contribution in [0.2, 0.25) is 0 Å². The molecular weight excluding hydrogens is 447 g/mol. The molecule has 1 aromatic carbocycles. The fourth-order valence-electron chi connectivity index (χ4n) is 3.50. The maximum absolute atomic E-state index is 14.8. The fourth-order valence-corrected chi connectivity index (χ4v) is 4.14. The van der Waals surface area contributed by atoms with Crippen molar-refractivity contribution in [3.63, 3.8) is 0 Å². The van der Waals surface area contributed by atoms with E-state index in [1.807, 2.05) is 39.8 Å². The Morgan fingerprint density at radius 1 is 1.08 bits per heavy atom. The summed E-state index contributed by atoms with van der Waals surface area (Å²) in [7, 11) is 0. The van der Waals surface area contributed by atoms with Crippen LogP contribution in [0.1, 0.15) is 44.4 Å². The molecule has 3 nitrogen and oxygen atoms in total. The van der Waals surface area contributed by atoms with Gasteiger partial charge >= 0.3 is 0 Å². The van der Waals surface area contributed by atoms with Crippen molar-refractivity contribution in [1.29, 1.82) is 0 Å². The van der Waals surface area contributed by atoms with E-state index in [0.29, 0.717) is 16.8 Å². The molecule has 0 spiro atoms. The second-order valence-electron chi connectivity index (χ2n) is 7.66. The Morgan fingerprint density at radius 2 is 1.81 bits per heavy atom. The van der Waals surface area contributed by atoms with Crippen LogP contribution >= 0.6 is 22.6 Å². The summed E-state index contributed by atoms with van der Waals surface area (Å²) in [6, 6.07) is 8.38. The second kappa shape index (κ2) is 5.58. The van der Waals surface area contributed by atoms with Gasteiger partial charge in [0.25, 0.3) is 0 Å². The summed E-state index contributed by atoms with van der Waals surface area (Å²) in [6.45, 7) is 8.05. The van der Waals surface area contributed by atoms with Gasteiger partial charge in [0.1, 0.15) is 5.82 Å². The van der Waals surface area contributed by atoms with Gasteiger partial charge < -0.3 is 0 Å². The molecule has 0 N–H and O–H groups in total. The van der Waals surface area contributed by atoms with Crippen LogP contribution in [0.4, 0.5) is 8.78 Å². The second-order valence-corrected chi connectivity index (χ2v) is 8.83. The third-order valence-electron chi connectivity index (χ3n) is 5.61. The average Bonchev–Trinajstić information content (AvgIpc) is 2.85. The third kappa shape index (κ3) is 2.34. The van der Waals surface area contributed by atoms with Crippen molar-refractivity contribution in [1.82, 2.24) is 9.61 Å². The zero-order chi connectivity index (χ0) is 18.9. The van der Waals surface area contributed by atoms with Crippen LogP contribution in [-0.4, -0.2) is 20.9 Å². The van der Waals surface area contributed by atoms with E-state index in [4.69, 9.17) is 4.99 Å². The van der Waals surface area contributed by atoms with Crippen LogP contribution in [0.5, 0.6) is 0 Å². The molecule has 0 saturated carbocycles. The molecule has 0 fully saturated rings. The van der Waals surface area contributed by atoms with Gasteiger partial charge in [-0.25, -0.2) is 8.91 Å². The molecule has 6 heteroatoms. The van der Waals surface area contributed by atoms with Crippen LogP contribution in [0.25, 0.3) is 5.52 Å². The van der Waals surface area contributed by atoms with Gasteiger partial charge in [0, 0.05) is 31.7 Å². The van der Waals surface area contributed by atoms with Crippen molar-refractivity contribution < 1.29 is 8.78 Å². The van der Waals surface area contributed by atoms with E-state index < -0.39 is 16.9 Å². The molecule has 26 heavy (non-hydrogen) atoms. The van der Waals surface area contributed by atoms with E-state index >= 15 is 0 Å². The van der Waals surface area contributed by atoms with E-state index in [2.05, 4.69) is 27.7 Å². The van der Waals surface area contributed by atoms with Gasteiger partial charge in [-0.1, -0.05) is 26.0 Å². The number of hydrogen-bond donors (Lipinski definition) is 0. The minimum Gasteiger partial charge on any atom is -0.277 e. The third-order valence-corrected chi connectivity index (χ3v) is 6.48. The lowest BCUT2D eigenvalue weighted by atomic mass is 9.65. The van der Waals surface area contributed by atoms with E-state index in [1.54, 1.807) is 12.3 Å². The molecule has 0 atom stereocenters. The number of nitrogens with zero attached hydrogens (tertiary/aromatic N) is 3.